The molecule has 3 aromatic rings. The molecule has 0 aliphatic carbocycles. The molecule has 0 saturated carbocycles. The van der Waals surface area contributed by atoms with Crippen LogP contribution in [-0.4, -0.2) is 12.2 Å². The average molecular weight is 382 g/mol. The van der Waals surface area contributed by atoms with E-state index in [1.54, 1.807) is 0 Å². The van der Waals surface area contributed by atoms with Gasteiger partial charge in [-0.15, -0.1) is 5.11 Å². The van der Waals surface area contributed by atoms with Crippen molar-refractivity contribution >= 4 is 27.8 Å². The monoisotopic (exact) mass is 381 g/mol. The number of fused-ring (bicyclic) bond motifs is 1. The number of anilines is 1. The first-order valence-corrected chi connectivity index (χ1v) is 10.1. The lowest BCUT2D eigenvalue weighted by Gasteiger charge is -2.11. The summed E-state index contributed by atoms with van der Waals surface area (Å²) in [6.45, 7) is 13.9. The third-order valence-corrected chi connectivity index (χ3v) is 3.59. The Bertz CT molecular complexity index is 843. The van der Waals surface area contributed by atoms with Crippen LogP contribution in [0.3, 0.4) is 0 Å². The number of phenolic OH excluding ortho intramolecular Hbond substituents is 1. The van der Waals surface area contributed by atoms with Crippen LogP contribution in [0, 0.1) is 6.92 Å². The van der Waals surface area contributed by atoms with E-state index < -0.39 is 0 Å². The van der Waals surface area contributed by atoms with E-state index in [9.17, 15) is 5.11 Å². The Kier molecular flexibility index (Phi) is 12.7. The minimum absolute atomic E-state index is 0.152. The Morgan fingerprint density at radius 2 is 1.39 bits per heavy atom. The zero-order valence-electron chi connectivity index (χ0n) is 18.5. The van der Waals surface area contributed by atoms with E-state index in [2.05, 4.69) is 15.5 Å². The second-order valence-corrected chi connectivity index (χ2v) is 5.08. The molecule has 0 saturated heterocycles. The fraction of sp³-hybridized carbons (Fsp3) is 0.333. The van der Waals surface area contributed by atoms with Gasteiger partial charge in [0.1, 0.15) is 5.69 Å². The number of rotatable bonds is 3. The quantitative estimate of drug-likeness (QED) is 0.447. The first-order valence-electron chi connectivity index (χ1n) is 10.1. The zero-order chi connectivity index (χ0) is 21.5. The molecule has 28 heavy (non-hydrogen) atoms. The van der Waals surface area contributed by atoms with Crippen LogP contribution in [-0.2, 0) is 0 Å². The SMILES string of the molecule is CC.CC.CC.CNc1cccc2cc(C)c(N=Nc3ccccc3)c(O)c12. The number of nitrogens with zero attached hydrogens (tertiary/aromatic N) is 2. The molecule has 4 heteroatoms. The number of aromatic hydroxyl groups is 1. The van der Waals surface area contributed by atoms with Gasteiger partial charge in [-0.05, 0) is 42.1 Å². The maximum absolute atomic E-state index is 10.6. The normalized spacial score (nSPS) is 9.43. The molecule has 0 unspecified atom stereocenters. The molecular weight excluding hydrogens is 346 g/mol. The molecule has 0 amide bonds. The van der Waals surface area contributed by atoms with Crippen molar-refractivity contribution in [2.24, 2.45) is 10.2 Å². The standard InChI is InChI=1S/C18H17N3O.3C2H6/c1-12-11-13-7-6-10-15(19-2)16(13)18(22)17(12)21-20-14-8-4-3-5-9-14;3*1-2/h3-11,19,22H,1-2H3;3*1-2H3. The van der Waals surface area contributed by atoms with Crippen LogP contribution in [0.25, 0.3) is 10.8 Å². The van der Waals surface area contributed by atoms with Crippen molar-refractivity contribution in [2.45, 2.75) is 48.5 Å². The van der Waals surface area contributed by atoms with Crippen LogP contribution in [0.1, 0.15) is 47.1 Å². The van der Waals surface area contributed by atoms with Gasteiger partial charge in [-0.2, -0.15) is 5.11 Å². The molecule has 0 fully saturated rings. The summed E-state index contributed by atoms with van der Waals surface area (Å²) >= 11 is 0. The van der Waals surface area contributed by atoms with Crippen molar-refractivity contribution in [1.82, 2.24) is 0 Å². The van der Waals surface area contributed by atoms with Crippen molar-refractivity contribution in [2.75, 3.05) is 12.4 Å². The molecule has 2 N–H and O–H groups in total. The highest BCUT2D eigenvalue weighted by atomic mass is 16.3. The van der Waals surface area contributed by atoms with E-state index in [0.29, 0.717) is 5.69 Å². The Hall–Kier alpha value is -2.88. The number of nitrogens with one attached hydrogen (secondary N) is 1. The molecule has 0 heterocycles. The molecule has 0 aliphatic rings. The summed E-state index contributed by atoms with van der Waals surface area (Å²) in [5, 5.41) is 23.9. The first-order chi connectivity index (χ1) is 13.7. The van der Waals surface area contributed by atoms with Gasteiger partial charge >= 0.3 is 0 Å². The number of azo groups is 1. The Balaban J connectivity index is 0.00000111. The van der Waals surface area contributed by atoms with E-state index in [-0.39, 0.29) is 5.75 Å². The molecular formula is C24H35N3O. The van der Waals surface area contributed by atoms with Gasteiger partial charge in [0.25, 0.3) is 0 Å². The molecule has 3 rings (SSSR count). The Labute approximate surface area is 170 Å². The van der Waals surface area contributed by atoms with Gasteiger partial charge in [-0.1, -0.05) is 71.9 Å². The molecule has 0 bridgehead atoms. The predicted octanol–water partition coefficient (Wildman–Crippen LogP) is 8.39. The van der Waals surface area contributed by atoms with Gasteiger partial charge in [0, 0.05) is 18.1 Å². The topological polar surface area (TPSA) is 57.0 Å². The van der Waals surface area contributed by atoms with Crippen LogP contribution in [0.5, 0.6) is 5.75 Å². The fourth-order valence-corrected chi connectivity index (χ4v) is 2.50. The largest absolute Gasteiger partial charge is 0.505 e. The molecule has 3 aromatic carbocycles. The summed E-state index contributed by atoms with van der Waals surface area (Å²) in [4.78, 5) is 0. The smallest absolute Gasteiger partial charge is 0.153 e. The predicted molar refractivity (Wildman–Crippen MR) is 125 cm³/mol. The van der Waals surface area contributed by atoms with Gasteiger partial charge in [0.2, 0.25) is 0 Å². The molecule has 0 aliphatic heterocycles. The highest BCUT2D eigenvalue weighted by Crippen LogP contribution is 2.41. The Morgan fingerprint density at radius 1 is 0.786 bits per heavy atom. The van der Waals surface area contributed by atoms with Crippen LogP contribution in [0.15, 0.2) is 64.8 Å². The van der Waals surface area contributed by atoms with Crippen molar-refractivity contribution in [3.63, 3.8) is 0 Å². The lowest BCUT2D eigenvalue weighted by atomic mass is 10.0. The van der Waals surface area contributed by atoms with Crippen LogP contribution in [0.4, 0.5) is 17.1 Å². The van der Waals surface area contributed by atoms with Crippen molar-refractivity contribution in [3.8, 4) is 5.75 Å². The molecule has 0 spiro atoms. The minimum Gasteiger partial charge on any atom is -0.505 e. The van der Waals surface area contributed by atoms with Crippen molar-refractivity contribution < 1.29 is 5.11 Å². The number of hydrogen-bond acceptors (Lipinski definition) is 4. The van der Waals surface area contributed by atoms with E-state index in [0.717, 1.165) is 27.7 Å². The summed E-state index contributed by atoms with van der Waals surface area (Å²) in [7, 11) is 1.83. The maximum atomic E-state index is 10.6. The van der Waals surface area contributed by atoms with Gasteiger partial charge < -0.3 is 10.4 Å². The second-order valence-electron chi connectivity index (χ2n) is 5.08. The number of hydrogen-bond donors (Lipinski definition) is 2. The third-order valence-electron chi connectivity index (χ3n) is 3.59. The fourth-order valence-electron chi connectivity index (χ4n) is 2.50. The molecule has 4 nitrogen and oxygen atoms in total. The van der Waals surface area contributed by atoms with Gasteiger partial charge in [-0.3, -0.25) is 0 Å². The zero-order valence-corrected chi connectivity index (χ0v) is 18.5. The molecule has 0 aromatic heterocycles. The Morgan fingerprint density at radius 3 is 1.96 bits per heavy atom. The van der Waals surface area contributed by atoms with E-state index in [4.69, 9.17) is 0 Å². The van der Waals surface area contributed by atoms with Gasteiger partial charge in [0.05, 0.1) is 5.69 Å². The van der Waals surface area contributed by atoms with Crippen LogP contribution in [0.2, 0.25) is 0 Å². The third kappa shape index (κ3) is 6.38. The number of phenols is 1. The molecule has 0 radical (unpaired) electrons. The van der Waals surface area contributed by atoms with Gasteiger partial charge in [0.15, 0.2) is 5.75 Å². The molecule has 152 valence electrons. The summed E-state index contributed by atoms with van der Waals surface area (Å²) in [6, 6.07) is 17.3. The van der Waals surface area contributed by atoms with E-state index in [1.165, 1.54) is 0 Å². The summed E-state index contributed by atoms with van der Waals surface area (Å²) in [6.07, 6.45) is 0. The number of benzene rings is 3. The lowest BCUT2D eigenvalue weighted by molar-refractivity contribution is 0.482. The van der Waals surface area contributed by atoms with Crippen LogP contribution >= 0.6 is 0 Å². The highest BCUT2D eigenvalue weighted by molar-refractivity contribution is 6.02. The van der Waals surface area contributed by atoms with E-state index >= 15 is 0 Å². The van der Waals surface area contributed by atoms with E-state index in [1.807, 2.05) is 110 Å². The van der Waals surface area contributed by atoms with Crippen molar-refractivity contribution in [1.29, 1.82) is 0 Å². The van der Waals surface area contributed by atoms with Crippen molar-refractivity contribution in [3.05, 3.63) is 60.2 Å². The van der Waals surface area contributed by atoms with Gasteiger partial charge in [-0.25, -0.2) is 0 Å². The lowest BCUT2D eigenvalue weighted by Crippen LogP contribution is -1.90. The molecule has 0 atom stereocenters. The highest BCUT2D eigenvalue weighted by Gasteiger charge is 2.12. The average Bonchev–Trinajstić information content (AvgIpc) is 2.78. The first kappa shape index (κ1) is 25.1. The number of aryl methyl sites for hydroxylation is 1. The summed E-state index contributed by atoms with van der Waals surface area (Å²) in [5.74, 6) is 0.152. The minimum atomic E-state index is 0.152. The van der Waals surface area contributed by atoms with Crippen LogP contribution < -0.4 is 5.32 Å². The summed E-state index contributed by atoms with van der Waals surface area (Å²) < 4.78 is 0. The maximum Gasteiger partial charge on any atom is 0.153 e. The second kappa shape index (κ2) is 14.2. The summed E-state index contributed by atoms with van der Waals surface area (Å²) in [5.41, 5.74) is 3.01.